The average molecular weight is 348 g/mol. The summed E-state index contributed by atoms with van der Waals surface area (Å²) >= 11 is 15.1. The minimum Gasteiger partial charge on any atom is -0.345 e. The Morgan fingerprint density at radius 3 is 2.61 bits per heavy atom. The molecule has 18 heavy (non-hydrogen) atoms. The highest BCUT2D eigenvalue weighted by Gasteiger charge is 2.11. The molecule has 0 aliphatic carbocycles. The Kier molecular flexibility index (Phi) is 4.00. The summed E-state index contributed by atoms with van der Waals surface area (Å²) in [5.41, 5.74) is 1.12. The van der Waals surface area contributed by atoms with Gasteiger partial charge in [-0.1, -0.05) is 23.2 Å². The summed E-state index contributed by atoms with van der Waals surface area (Å²) in [5, 5.41) is 3.82. The number of carbonyl (C=O) groups excluding carboxylic acids is 1. The number of nitrogens with one attached hydrogen (secondary N) is 1. The molecule has 3 nitrogen and oxygen atoms in total. The summed E-state index contributed by atoms with van der Waals surface area (Å²) < 4.78 is 2.45. The predicted octanol–water partition coefficient (Wildman–Crippen LogP) is 4.35. The van der Waals surface area contributed by atoms with E-state index in [0.29, 0.717) is 21.4 Å². The molecule has 94 valence electrons. The van der Waals surface area contributed by atoms with Gasteiger partial charge in [-0.2, -0.15) is 0 Å². The van der Waals surface area contributed by atoms with Crippen molar-refractivity contribution in [2.75, 3.05) is 5.32 Å². The van der Waals surface area contributed by atoms with Crippen LogP contribution in [0.3, 0.4) is 0 Å². The van der Waals surface area contributed by atoms with Crippen LogP contribution in [0.2, 0.25) is 10.0 Å². The number of aromatic nitrogens is 1. The summed E-state index contributed by atoms with van der Waals surface area (Å²) in [6.07, 6.45) is 1.67. The highest BCUT2D eigenvalue weighted by atomic mass is 79.9. The van der Waals surface area contributed by atoms with Gasteiger partial charge in [-0.05, 0) is 40.2 Å². The van der Waals surface area contributed by atoms with Crippen LogP contribution in [0.15, 0.2) is 34.9 Å². The molecular weight excluding hydrogens is 339 g/mol. The number of amides is 1. The smallest absolute Gasteiger partial charge is 0.272 e. The highest BCUT2D eigenvalue weighted by Crippen LogP contribution is 2.26. The lowest BCUT2D eigenvalue weighted by molar-refractivity contribution is 0.101. The van der Waals surface area contributed by atoms with Crippen LogP contribution in [0.4, 0.5) is 5.69 Å². The zero-order chi connectivity index (χ0) is 13.3. The van der Waals surface area contributed by atoms with Gasteiger partial charge in [0.2, 0.25) is 0 Å². The number of anilines is 1. The molecular formula is C12H9BrCl2N2O. The summed E-state index contributed by atoms with van der Waals surface area (Å²) in [5.74, 6) is -0.234. The molecule has 0 aliphatic heterocycles. The van der Waals surface area contributed by atoms with E-state index in [1.165, 1.54) is 0 Å². The van der Waals surface area contributed by atoms with E-state index in [-0.39, 0.29) is 5.91 Å². The number of carbonyl (C=O) groups is 1. The average Bonchev–Trinajstić information content (AvgIpc) is 2.63. The highest BCUT2D eigenvalue weighted by molar-refractivity contribution is 9.10. The zero-order valence-electron chi connectivity index (χ0n) is 9.38. The van der Waals surface area contributed by atoms with Gasteiger partial charge >= 0.3 is 0 Å². The lowest BCUT2D eigenvalue weighted by atomic mass is 10.3. The van der Waals surface area contributed by atoms with Gasteiger partial charge in [0.1, 0.15) is 5.69 Å². The Balaban J connectivity index is 2.21. The number of rotatable bonds is 2. The van der Waals surface area contributed by atoms with Crippen molar-refractivity contribution in [1.29, 1.82) is 0 Å². The van der Waals surface area contributed by atoms with Gasteiger partial charge in [0.25, 0.3) is 5.91 Å². The second-order valence-corrected chi connectivity index (χ2v) is 5.44. The molecule has 1 aromatic heterocycles. The Morgan fingerprint density at radius 2 is 2.06 bits per heavy atom. The van der Waals surface area contributed by atoms with E-state index >= 15 is 0 Å². The molecule has 0 saturated heterocycles. The van der Waals surface area contributed by atoms with Crippen molar-refractivity contribution in [2.24, 2.45) is 7.05 Å². The number of hydrogen-bond acceptors (Lipinski definition) is 1. The van der Waals surface area contributed by atoms with E-state index in [9.17, 15) is 4.79 Å². The first-order valence-corrected chi connectivity index (χ1v) is 6.60. The predicted molar refractivity (Wildman–Crippen MR) is 77.5 cm³/mol. The number of halogens is 3. The minimum absolute atomic E-state index is 0.234. The molecule has 1 aromatic carbocycles. The Bertz CT molecular complexity index is 610. The van der Waals surface area contributed by atoms with E-state index in [0.717, 1.165) is 4.47 Å². The summed E-state index contributed by atoms with van der Waals surface area (Å²) in [7, 11) is 1.76. The molecule has 1 amide bonds. The van der Waals surface area contributed by atoms with Crippen molar-refractivity contribution in [3.63, 3.8) is 0 Å². The maximum Gasteiger partial charge on any atom is 0.272 e. The minimum atomic E-state index is -0.234. The van der Waals surface area contributed by atoms with E-state index in [1.54, 1.807) is 42.1 Å². The molecule has 0 saturated carbocycles. The maximum atomic E-state index is 12.0. The van der Waals surface area contributed by atoms with Crippen LogP contribution in [-0.4, -0.2) is 10.5 Å². The zero-order valence-corrected chi connectivity index (χ0v) is 12.5. The fraction of sp³-hybridized carbons (Fsp3) is 0.0833. The first-order valence-electron chi connectivity index (χ1n) is 5.05. The van der Waals surface area contributed by atoms with E-state index in [4.69, 9.17) is 23.2 Å². The third kappa shape index (κ3) is 2.88. The number of benzene rings is 1. The van der Waals surface area contributed by atoms with Crippen molar-refractivity contribution >= 4 is 50.7 Å². The second-order valence-electron chi connectivity index (χ2n) is 3.74. The first-order chi connectivity index (χ1) is 8.47. The van der Waals surface area contributed by atoms with Crippen LogP contribution in [0.5, 0.6) is 0 Å². The van der Waals surface area contributed by atoms with Gasteiger partial charge in [-0.25, -0.2) is 0 Å². The molecule has 0 unspecified atom stereocenters. The summed E-state index contributed by atoms with van der Waals surface area (Å²) in [6, 6.07) is 6.82. The molecule has 0 spiro atoms. The monoisotopic (exact) mass is 346 g/mol. The Hall–Kier alpha value is -0.970. The van der Waals surface area contributed by atoms with Gasteiger partial charge < -0.3 is 9.88 Å². The summed E-state index contributed by atoms with van der Waals surface area (Å²) in [4.78, 5) is 12.0. The van der Waals surface area contributed by atoms with Crippen LogP contribution in [-0.2, 0) is 7.05 Å². The van der Waals surface area contributed by atoms with E-state index in [1.807, 2.05) is 0 Å². The SMILES string of the molecule is Cn1cc(Cl)cc1C(=O)Nc1ccc(Br)c(Cl)c1. The Labute approximate surface area is 123 Å². The Morgan fingerprint density at radius 1 is 1.33 bits per heavy atom. The van der Waals surface area contributed by atoms with Crippen LogP contribution in [0.1, 0.15) is 10.5 Å². The third-order valence-electron chi connectivity index (χ3n) is 2.38. The van der Waals surface area contributed by atoms with Crippen LogP contribution in [0, 0.1) is 0 Å². The number of nitrogens with zero attached hydrogens (tertiary/aromatic N) is 1. The van der Waals surface area contributed by atoms with E-state index < -0.39 is 0 Å². The van der Waals surface area contributed by atoms with Crippen molar-refractivity contribution in [3.8, 4) is 0 Å². The third-order valence-corrected chi connectivity index (χ3v) is 3.82. The maximum absolute atomic E-state index is 12.0. The quantitative estimate of drug-likeness (QED) is 0.861. The van der Waals surface area contributed by atoms with Gasteiger partial charge in [0.05, 0.1) is 10.0 Å². The molecule has 2 rings (SSSR count). The van der Waals surface area contributed by atoms with Gasteiger partial charge in [0, 0.05) is 23.4 Å². The molecule has 1 N–H and O–H groups in total. The van der Waals surface area contributed by atoms with Crippen molar-refractivity contribution in [2.45, 2.75) is 0 Å². The first kappa shape index (κ1) is 13.5. The van der Waals surface area contributed by atoms with Gasteiger partial charge in [0.15, 0.2) is 0 Å². The van der Waals surface area contributed by atoms with Crippen molar-refractivity contribution in [1.82, 2.24) is 4.57 Å². The standard InChI is InChI=1S/C12H9BrCl2N2O/c1-17-6-7(14)4-11(17)12(18)16-8-2-3-9(13)10(15)5-8/h2-6H,1H3,(H,16,18). The van der Waals surface area contributed by atoms with Gasteiger partial charge in [-0.15, -0.1) is 0 Å². The molecule has 0 aliphatic rings. The molecule has 2 aromatic rings. The number of hydrogen-bond donors (Lipinski definition) is 1. The second kappa shape index (κ2) is 5.34. The largest absolute Gasteiger partial charge is 0.345 e. The topological polar surface area (TPSA) is 34.0 Å². The molecule has 6 heteroatoms. The lowest BCUT2D eigenvalue weighted by Gasteiger charge is -2.07. The lowest BCUT2D eigenvalue weighted by Crippen LogP contribution is -2.15. The van der Waals surface area contributed by atoms with E-state index in [2.05, 4.69) is 21.2 Å². The summed E-state index contributed by atoms with van der Waals surface area (Å²) in [6.45, 7) is 0. The van der Waals surface area contributed by atoms with Crippen LogP contribution < -0.4 is 5.32 Å². The molecule has 0 bridgehead atoms. The fourth-order valence-electron chi connectivity index (χ4n) is 1.52. The van der Waals surface area contributed by atoms with Crippen molar-refractivity contribution in [3.05, 3.63) is 50.7 Å². The molecule has 0 fully saturated rings. The van der Waals surface area contributed by atoms with Crippen molar-refractivity contribution < 1.29 is 4.79 Å². The molecule has 0 radical (unpaired) electrons. The molecule has 1 heterocycles. The number of aryl methyl sites for hydroxylation is 1. The normalized spacial score (nSPS) is 10.4. The van der Waals surface area contributed by atoms with Crippen LogP contribution >= 0.6 is 39.1 Å². The van der Waals surface area contributed by atoms with Crippen LogP contribution in [0.25, 0.3) is 0 Å². The fourth-order valence-corrected chi connectivity index (χ4v) is 2.20. The molecule has 0 atom stereocenters. The van der Waals surface area contributed by atoms with Gasteiger partial charge in [-0.3, -0.25) is 4.79 Å².